The Kier molecular flexibility index (Phi) is 7.32. The fraction of sp³-hybridized carbons (Fsp3) is 0.565. The van der Waals surface area contributed by atoms with Crippen molar-refractivity contribution in [1.82, 2.24) is 10.2 Å². The van der Waals surface area contributed by atoms with Gasteiger partial charge in [0.15, 0.2) is 0 Å². The van der Waals surface area contributed by atoms with Crippen molar-refractivity contribution in [3.63, 3.8) is 0 Å². The van der Waals surface area contributed by atoms with Gasteiger partial charge in [0.25, 0.3) is 0 Å². The smallest absolute Gasteiger partial charge is 0.243 e. The Bertz CT molecular complexity index is 797. The molecule has 1 heterocycles. The van der Waals surface area contributed by atoms with E-state index >= 15 is 0 Å². The molecular weight excluding hydrogens is 368 g/mol. The molecule has 158 valence electrons. The number of hydrogen-bond acceptors (Lipinski definition) is 4. The summed E-state index contributed by atoms with van der Waals surface area (Å²) in [6.45, 7) is 8.28. The zero-order valence-corrected chi connectivity index (χ0v) is 17.7. The molecule has 6 nitrogen and oxygen atoms in total. The molecule has 1 fully saturated rings. The number of benzene rings is 1. The Labute approximate surface area is 173 Å². The van der Waals surface area contributed by atoms with E-state index in [9.17, 15) is 19.8 Å². The molecule has 0 unspecified atom stereocenters. The van der Waals surface area contributed by atoms with Crippen LogP contribution < -0.4 is 5.32 Å². The van der Waals surface area contributed by atoms with Gasteiger partial charge in [-0.3, -0.25) is 9.59 Å². The third-order valence-electron chi connectivity index (χ3n) is 5.57. The van der Waals surface area contributed by atoms with E-state index in [0.717, 1.165) is 0 Å². The summed E-state index contributed by atoms with van der Waals surface area (Å²) in [7, 11) is 0. The van der Waals surface area contributed by atoms with E-state index in [0.29, 0.717) is 30.5 Å². The lowest BCUT2D eigenvalue weighted by molar-refractivity contribution is -0.140. The zero-order valence-electron chi connectivity index (χ0n) is 17.7. The number of carbonyl (C=O) groups excluding carboxylic acids is 2. The molecule has 0 aliphatic carbocycles. The van der Waals surface area contributed by atoms with E-state index in [1.807, 2.05) is 20.8 Å². The van der Waals surface area contributed by atoms with Crippen molar-refractivity contribution in [3.05, 3.63) is 29.3 Å². The Morgan fingerprint density at radius 1 is 1.41 bits per heavy atom. The number of nitrogens with one attached hydrogen (secondary N) is 1. The van der Waals surface area contributed by atoms with Crippen molar-refractivity contribution in [3.8, 4) is 18.1 Å². The first kappa shape index (κ1) is 22.8. The van der Waals surface area contributed by atoms with Crippen molar-refractivity contribution >= 4 is 11.8 Å². The second-order valence-electron chi connectivity index (χ2n) is 8.87. The molecule has 0 radical (unpaired) electrons. The summed E-state index contributed by atoms with van der Waals surface area (Å²) < 4.78 is 0. The van der Waals surface area contributed by atoms with Crippen molar-refractivity contribution in [2.45, 2.75) is 59.0 Å². The maximum absolute atomic E-state index is 13.0. The van der Waals surface area contributed by atoms with Gasteiger partial charge in [-0.15, -0.1) is 6.42 Å². The van der Waals surface area contributed by atoms with Crippen LogP contribution in [0.2, 0.25) is 0 Å². The first-order valence-corrected chi connectivity index (χ1v) is 10.1. The highest BCUT2D eigenvalue weighted by Crippen LogP contribution is 2.31. The second-order valence-corrected chi connectivity index (χ2v) is 8.87. The van der Waals surface area contributed by atoms with Gasteiger partial charge in [-0.1, -0.05) is 32.8 Å². The molecule has 29 heavy (non-hydrogen) atoms. The second kappa shape index (κ2) is 9.32. The number of likely N-dealkylation sites (tertiary alicyclic amines) is 1. The molecule has 3 atom stereocenters. The van der Waals surface area contributed by atoms with E-state index in [1.165, 1.54) is 6.07 Å². The molecule has 1 aromatic rings. The zero-order chi connectivity index (χ0) is 21.8. The lowest BCUT2D eigenvalue weighted by Gasteiger charge is -2.30. The molecule has 1 aromatic carbocycles. The fourth-order valence-corrected chi connectivity index (χ4v) is 3.86. The van der Waals surface area contributed by atoms with E-state index in [-0.39, 0.29) is 41.9 Å². The lowest BCUT2D eigenvalue weighted by atomic mass is 9.85. The van der Waals surface area contributed by atoms with Crippen LogP contribution in [-0.2, 0) is 9.59 Å². The van der Waals surface area contributed by atoms with Gasteiger partial charge in [0.05, 0.1) is 6.04 Å². The molecule has 0 bridgehead atoms. The molecule has 6 heteroatoms. The van der Waals surface area contributed by atoms with Crippen LogP contribution in [0.1, 0.15) is 64.1 Å². The van der Waals surface area contributed by atoms with Crippen LogP contribution >= 0.6 is 0 Å². The maximum Gasteiger partial charge on any atom is 0.243 e. The third kappa shape index (κ3) is 5.74. The highest BCUT2D eigenvalue weighted by Gasteiger charge is 2.39. The average molecular weight is 401 g/mol. The predicted molar refractivity (Wildman–Crippen MR) is 112 cm³/mol. The number of aliphatic hydroxyl groups excluding tert-OH is 1. The summed E-state index contributed by atoms with van der Waals surface area (Å²) in [5.41, 5.74) is 0.818. The molecule has 1 aliphatic heterocycles. The molecular formula is C23H32N2O4. The Morgan fingerprint density at radius 2 is 2.10 bits per heavy atom. The van der Waals surface area contributed by atoms with Gasteiger partial charge in [-0.25, -0.2) is 0 Å². The number of phenols is 1. The average Bonchev–Trinajstić information content (AvgIpc) is 3.03. The standard InChI is InChI=1S/C23H32N2O4/c1-6-17-7-8-18(20(27)12-17)16(3)24-22(29)19-11-15(2)14-25(19)21(28)13-23(4,5)9-10-26/h1,7-8,12,15-16,19,26-27H,9-11,13-14H2,2-5H3,(H,24,29)/t15-,16+,19+/m1/s1. The number of phenolic OH excluding ortho intramolecular Hbond substituents is 1. The summed E-state index contributed by atoms with van der Waals surface area (Å²) in [5.74, 6) is 2.43. The number of nitrogens with zero attached hydrogens (tertiary/aromatic N) is 1. The maximum atomic E-state index is 13.0. The number of rotatable bonds is 7. The fourth-order valence-electron chi connectivity index (χ4n) is 3.86. The molecule has 0 saturated carbocycles. The van der Waals surface area contributed by atoms with Gasteiger partial charge >= 0.3 is 0 Å². The highest BCUT2D eigenvalue weighted by atomic mass is 16.3. The first-order chi connectivity index (χ1) is 13.6. The van der Waals surface area contributed by atoms with Gasteiger partial charge in [0.1, 0.15) is 11.8 Å². The molecule has 0 aromatic heterocycles. The predicted octanol–water partition coefficient (Wildman–Crippen LogP) is 2.59. The SMILES string of the molecule is C#Cc1ccc([C@H](C)NC(=O)[C@@H]2C[C@@H](C)CN2C(=O)CC(C)(C)CCO)c(O)c1. The minimum atomic E-state index is -0.531. The van der Waals surface area contributed by atoms with E-state index in [4.69, 9.17) is 6.42 Å². The minimum absolute atomic E-state index is 0.0278. The van der Waals surface area contributed by atoms with Gasteiger partial charge in [-0.2, -0.15) is 0 Å². The van der Waals surface area contributed by atoms with Crippen LogP contribution in [0.25, 0.3) is 0 Å². The summed E-state index contributed by atoms with van der Waals surface area (Å²) in [6.07, 6.45) is 6.77. The largest absolute Gasteiger partial charge is 0.508 e. The van der Waals surface area contributed by atoms with Crippen molar-refractivity contribution in [2.24, 2.45) is 11.3 Å². The van der Waals surface area contributed by atoms with Crippen LogP contribution in [0.5, 0.6) is 5.75 Å². The topological polar surface area (TPSA) is 89.9 Å². The van der Waals surface area contributed by atoms with Crippen LogP contribution in [0.3, 0.4) is 0 Å². The van der Waals surface area contributed by atoms with Crippen molar-refractivity contribution < 1.29 is 19.8 Å². The van der Waals surface area contributed by atoms with Crippen LogP contribution in [0.15, 0.2) is 18.2 Å². The number of aliphatic hydroxyl groups is 1. The van der Waals surface area contributed by atoms with Gasteiger partial charge < -0.3 is 20.4 Å². The lowest BCUT2D eigenvalue weighted by Crippen LogP contribution is -2.47. The molecule has 1 aliphatic rings. The third-order valence-corrected chi connectivity index (χ3v) is 5.57. The van der Waals surface area contributed by atoms with Gasteiger partial charge in [0, 0.05) is 30.7 Å². The van der Waals surface area contributed by atoms with E-state index in [1.54, 1.807) is 24.0 Å². The van der Waals surface area contributed by atoms with E-state index < -0.39 is 12.1 Å². The summed E-state index contributed by atoms with van der Waals surface area (Å²) in [5, 5.41) is 22.3. The summed E-state index contributed by atoms with van der Waals surface area (Å²) in [6, 6.07) is 3.96. The quantitative estimate of drug-likeness (QED) is 0.614. The number of aromatic hydroxyl groups is 1. The first-order valence-electron chi connectivity index (χ1n) is 10.1. The summed E-state index contributed by atoms with van der Waals surface area (Å²) in [4.78, 5) is 27.5. The van der Waals surface area contributed by atoms with Gasteiger partial charge in [-0.05, 0) is 43.2 Å². The number of carbonyl (C=O) groups is 2. The Morgan fingerprint density at radius 3 is 2.69 bits per heavy atom. The van der Waals surface area contributed by atoms with Crippen molar-refractivity contribution in [2.75, 3.05) is 13.2 Å². The van der Waals surface area contributed by atoms with E-state index in [2.05, 4.69) is 11.2 Å². The molecule has 1 saturated heterocycles. The number of terminal acetylenes is 1. The van der Waals surface area contributed by atoms with Crippen molar-refractivity contribution in [1.29, 1.82) is 0 Å². The minimum Gasteiger partial charge on any atom is -0.508 e. The molecule has 3 N–H and O–H groups in total. The number of hydrogen-bond donors (Lipinski definition) is 3. The highest BCUT2D eigenvalue weighted by molar-refractivity contribution is 5.88. The van der Waals surface area contributed by atoms with Gasteiger partial charge in [0.2, 0.25) is 11.8 Å². The van der Waals surface area contributed by atoms with Crippen LogP contribution in [-0.4, -0.2) is 46.1 Å². The van der Waals surface area contributed by atoms with Crippen LogP contribution in [0, 0.1) is 23.7 Å². The Hall–Kier alpha value is -2.52. The summed E-state index contributed by atoms with van der Waals surface area (Å²) >= 11 is 0. The monoisotopic (exact) mass is 400 g/mol. The molecule has 2 amide bonds. The molecule has 0 spiro atoms. The number of amides is 2. The van der Waals surface area contributed by atoms with Crippen LogP contribution in [0.4, 0.5) is 0 Å². The molecule has 2 rings (SSSR count). The normalized spacial score (nSPS) is 20.2. The Balaban J connectivity index is 2.09.